The zero-order chi connectivity index (χ0) is 23.5. The fourth-order valence-electron chi connectivity index (χ4n) is 5.25. The number of benzene rings is 1. The van der Waals surface area contributed by atoms with Gasteiger partial charge in [-0.05, 0) is 55.9 Å². The van der Waals surface area contributed by atoms with Crippen LogP contribution in [0, 0.1) is 5.92 Å². The van der Waals surface area contributed by atoms with Crippen molar-refractivity contribution in [3.05, 3.63) is 51.2 Å². The number of rotatable bonds is 6. The van der Waals surface area contributed by atoms with Gasteiger partial charge in [-0.1, -0.05) is 42.3 Å². The molecule has 0 bridgehead atoms. The Bertz CT molecular complexity index is 937. The number of amides is 1. The van der Waals surface area contributed by atoms with E-state index >= 15 is 0 Å². The number of carbonyl (C=O) groups excluding carboxylic acids is 1. The number of fused-ring (bicyclic) bond motifs is 1. The minimum atomic E-state index is -0.395. The lowest BCUT2D eigenvalue weighted by molar-refractivity contribution is -0.130. The SMILES string of the molecule is CC1=C2/C(=C\C(C)C(O)CCN3CCN(c4cccc(Cl)c4Cl)CC3)CCCN2C(=O)CC1. The van der Waals surface area contributed by atoms with Gasteiger partial charge in [-0.2, -0.15) is 0 Å². The second-order valence-corrected chi connectivity index (χ2v) is 10.4. The number of piperidine rings is 1. The Morgan fingerprint density at radius 1 is 1.09 bits per heavy atom. The van der Waals surface area contributed by atoms with E-state index in [1.165, 1.54) is 11.1 Å². The number of hydrogen-bond donors (Lipinski definition) is 1. The van der Waals surface area contributed by atoms with Gasteiger partial charge in [0.05, 0.1) is 21.8 Å². The van der Waals surface area contributed by atoms with Crippen LogP contribution < -0.4 is 4.90 Å². The summed E-state index contributed by atoms with van der Waals surface area (Å²) in [6.07, 6.45) is 6.02. The molecule has 0 radical (unpaired) electrons. The minimum Gasteiger partial charge on any atom is -0.392 e. The highest BCUT2D eigenvalue weighted by Crippen LogP contribution is 2.36. The molecule has 2 saturated heterocycles. The second kappa shape index (κ2) is 10.8. The van der Waals surface area contributed by atoms with Crippen LogP contribution in [0.5, 0.6) is 0 Å². The number of aliphatic hydroxyl groups excluding tert-OH is 1. The lowest BCUT2D eigenvalue weighted by Gasteiger charge is -2.37. The third-order valence-electron chi connectivity index (χ3n) is 7.28. The van der Waals surface area contributed by atoms with Gasteiger partial charge in [0.15, 0.2) is 0 Å². The zero-order valence-corrected chi connectivity index (χ0v) is 21.2. The van der Waals surface area contributed by atoms with E-state index in [1.807, 2.05) is 23.1 Å². The number of halogens is 2. The average molecular weight is 492 g/mol. The monoisotopic (exact) mass is 491 g/mol. The zero-order valence-electron chi connectivity index (χ0n) is 19.7. The molecule has 7 heteroatoms. The molecule has 1 N–H and O–H groups in total. The van der Waals surface area contributed by atoms with E-state index in [-0.39, 0.29) is 11.8 Å². The van der Waals surface area contributed by atoms with Gasteiger partial charge < -0.3 is 14.9 Å². The normalized spacial score (nSPS) is 23.2. The maximum atomic E-state index is 12.4. The van der Waals surface area contributed by atoms with Gasteiger partial charge in [-0.15, -0.1) is 0 Å². The third-order valence-corrected chi connectivity index (χ3v) is 8.09. The van der Waals surface area contributed by atoms with Crippen molar-refractivity contribution in [3.63, 3.8) is 0 Å². The maximum Gasteiger partial charge on any atom is 0.227 e. The number of hydrogen-bond acceptors (Lipinski definition) is 4. The van der Waals surface area contributed by atoms with Crippen molar-refractivity contribution < 1.29 is 9.90 Å². The highest BCUT2D eigenvalue weighted by molar-refractivity contribution is 6.43. The molecule has 0 aliphatic carbocycles. The van der Waals surface area contributed by atoms with Gasteiger partial charge in [0.1, 0.15) is 0 Å². The minimum absolute atomic E-state index is 0.0591. The summed E-state index contributed by atoms with van der Waals surface area (Å²) in [5.41, 5.74) is 4.68. The molecule has 0 spiro atoms. The topological polar surface area (TPSA) is 47.0 Å². The van der Waals surface area contributed by atoms with E-state index in [2.05, 4.69) is 29.7 Å². The third kappa shape index (κ3) is 5.59. The van der Waals surface area contributed by atoms with Crippen LogP contribution in [0.2, 0.25) is 10.0 Å². The molecule has 3 aliphatic heterocycles. The molecule has 1 amide bonds. The Kier molecular flexibility index (Phi) is 8.06. The Morgan fingerprint density at radius 3 is 2.61 bits per heavy atom. The number of anilines is 1. The van der Waals surface area contributed by atoms with Gasteiger partial charge in [-0.3, -0.25) is 9.69 Å². The Balaban J connectivity index is 1.30. The van der Waals surface area contributed by atoms with Gasteiger partial charge in [-0.25, -0.2) is 0 Å². The fraction of sp³-hybridized carbons (Fsp3) is 0.577. The standard InChI is InChI=1S/C26H35Cl2N3O2/c1-18-8-9-24(33)31-11-4-5-20(26(18)31)17-19(2)23(32)10-12-29-13-15-30(16-14-29)22-7-3-6-21(27)25(22)28/h3,6-7,17,19,23,32H,4-5,8-16H2,1-2H3/b20-17-. The summed E-state index contributed by atoms with van der Waals surface area (Å²) in [4.78, 5) is 19.0. The quantitative estimate of drug-likeness (QED) is 0.599. The van der Waals surface area contributed by atoms with Crippen LogP contribution in [0.15, 0.2) is 41.1 Å². The molecule has 3 heterocycles. The van der Waals surface area contributed by atoms with E-state index < -0.39 is 6.10 Å². The molecule has 0 aromatic heterocycles. The lowest BCUT2D eigenvalue weighted by atomic mass is 9.88. The van der Waals surface area contributed by atoms with Crippen LogP contribution in [0.4, 0.5) is 5.69 Å². The summed E-state index contributed by atoms with van der Waals surface area (Å²) >= 11 is 12.6. The number of piperazine rings is 1. The summed E-state index contributed by atoms with van der Waals surface area (Å²) in [6.45, 7) is 9.61. The van der Waals surface area contributed by atoms with E-state index in [9.17, 15) is 9.90 Å². The molecule has 2 fully saturated rings. The van der Waals surface area contributed by atoms with E-state index in [0.29, 0.717) is 16.5 Å². The van der Waals surface area contributed by atoms with Crippen LogP contribution >= 0.6 is 23.2 Å². The maximum absolute atomic E-state index is 12.4. The van der Waals surface area contributed by atoms with Crippen molar-refractivity contribution in [1.82, 2.24) is 9.80 Å². The van der Waals surface area contributed by atoms with Crippen molar-refractivity contribution in [2.24, 2.45) is 5.92 Å². The number of aliphatic hydroxyl groups is 1. The highest BCUT2D eigenvalue weighted by Gasteiger charge is 2.30. The van der Waals surface area contributed by atoms with Crippen LogP contribution in [0.1, 0.15) is 46.0 Å². The lowest BCUT2D eigenvalue weighted by Crippen LogP contribution is -2.47. The van der Waals surface area contributed by atoms with Crippen molar-refractivity contribution in [2.75, 3.05) is 44.2 Å². The van der Waals surface area contributed by atoms with E-state index in [4.69, 9.17) is 23.2 Å². The number of carbonyl (C=O) groups is 1. The first kappa shape index (κ1) is 24.6. The highest BCUT2D eigenvalue weighted by atomic mass is 35.5. The summed E-state index contributed by atoms with van der Waals surface area (Å²) in [5.74, 6) is 0.302. The predicted octanol–water partition coefficient (Wildman–Crippen LogP) is 5.12. The van der Waals surface area contributed by atoms with E-state index in [0.717, 1.165) is 76.3 Å². The van der Waals surface area contributed by atoms with Gasteiger partial charge >= 0.3 is 0 Å². The molecule has 0 saturated carbocycles. The fourth-order valence-corrected chi connectivity index (χ4v) is 5.67. The largest absolute Gasteiger partial charge is 0.392 e. The Labute approximate surface area is 207 Å². The van der Waals surface area contributed by atoms with Crippen LogP contribution in [0.25, 0.3) is 0 Å². The molecular formula is C26H35Cl2N3O2. The number of allylic oxidation sites excluding steroid dienone is 2. The van der Waals surface area contributed by atoms with Crippen LogP contribution in [0.3, 0.4) is 0 Å². The van der Waals surface area contributed by atoms with Crippen molar-refractivity contribution >= 4 is 34.8 Å². The molecule has 1 aromatic carbocycles. The molecule has 1 aromatic rings. The van der Waals surface area contributed by atoms with Crippen LogP contribution in [-0.4, -0.2) is 66.2 Å². The molecule has 2 atom stereocenters. The first-order valence-corrected chi connectivity index (χ1v) is 12.9. The second-order valence-electron chi connectivity index (χ2n) is 9.59. The Morgan fingerprint density at radius 2 is 1.85 bits per heavy atom. The summed E-state index contributed by atoms with van der Waals surface area (Å²) in [7, 11) is 0. The molecule has 4 rings (SSSR count). The van der Waals surface area contributed by atoms with Gasteiger partial charge in [0.2, 0.25) is 5.91 Å². The van der Waals surface area contributed by atoms with Gasteiger partial charge in [0, 0.05) is 57.3 Å². The molecular weight excluding hydrogens is 457 g/mol. The van der Waals surface area contributed by atoms with Crippen molar-refractivity contribution in [3.8, 4) is 0 Å². The summed E-state index contributed by atoms with van der Waals surface area (Å²) < 4.78 is 0. The first-order chi connectivity index (χ1) is 15.8. The van der Waals surface area contributed by atoms with E-state index in [1.54, 1.807) is 0 Å². The Hall–Kier alpha value is -1.53. The van der Waals surface area contributed by atoms with Gasteiger partial charge in [0.25, 0.3) is 0 Å². The number of nitrogens with zero attached hydrogens (tertiary/aromatic N) is 3. The predicted molar refractivity (Wildman–Crippen MR) is 136 cm³/mol. The molecule has 180 valence electrons. The average Bonchev–Trinajstić information content (AvgIpc) is 2.82. The summed E-state index contributed by atoms with van der Waals surface area (Å²) in [5, 5.41) is 12.1. The van der Waals surface area contributed by atoms with Crippen molar-refractivity contribution in [1.29, 1.82) is 0 Å². The summed E-state index contributed by atoms with van der Waals surface area (Å²) in [6, 6.07) is 5.77. The van der Waals surface area contributed by atoms with Crippen LogP contribution in [-0.2, 0) is 4.79 Å². The molecule has 5 nitrogen and oxygen atoms in total. The smallest absolute Gasteiger partial charge is 0.227 e. The molecule has 3 aliphatic rings. The first-order valence-electron chi connectivity index (χ1n) is 12.2. The van der Waals surface area contributed by atoms with Crippen molar-refractivity contribution in [2.45, 2.75) is 52.1 Å². The molecule has 2 unspecified atom stereocenters. The molecule has 33 heavy (non-hydrogen) atoms.